The molecule has 6 rings (SSSR count). The van der Waals surface area contributed by atoms with Gasteiger partial charge in [-0.25, -0.2) is 0 Å². The number of benzene rings is 6. The molecular weight excluding hydrogens is 949 g/mol. The number of fused-ring (bicyclic) bond motifs is 1. The summed E-state index contributed by atoms with van der Waals surface area (Å²) in [6.45, 7) is 0. The molecule has 0 aromatic heterocycles. The summed E-state index contributed by atoms with van der Waals surface area (Å²) in [5.74, 6) is -0.487. The van der Waals surface area contributed by atoms with Crippen molar-refractivity contribution in [2.45, 2.75) is 9.79 Å². The molecule has 6 radical (unpaired) electrons. The molecule has 0 spiro atoms. The summed E-state index contributed by atoms with van der Waals surface area (Å²) in [5.41, 5.74) is 7.04. The van der Waals surface area contributed by atoms with Gasteiger partial charge >= 0.3 is 288 Å². The van der Waals surface area contributed by atoms with Gasteiger partial charge in [-0.2, -0.15) is 0 Å². The van der Waals surface area contributed by atoms with Crippen molar-refractivity contribution in [1.82, 2.24) is 0 Å². The maximum atomic E-state index is 15.4. The fourth-order valence-corrected chi connectivity index (χ4v) is 8.25. The average Bonchev–Trinajstić information content (AvgIpc) is 3.01. The summed E-state index contributed by atoms with van der Waals surface area (Å²) in [5, 5.41) is 2.08. The van der Waals surface area contributed by atoms with Crippen LogP contribution in [-0.4, -0.2) is 64.0 Å². The van der Waals surface area contributed by atoms with Crippen molar-refractivity contribution in [2.75, 3.05) is 12.5 Å². The van der Waals surface area contributed by atoms with E-state index in [0.29, 0.717) is 11.1 Å². The molecule has 6 aromatic rings. The first-order valence-corrected chi connectivity index (χ1v) is 19.6. The number of rotatable bonds is 6. The molecule has 0 aliphatic heterocycles. The van der Waals surface area contributed by atoms with E-state index in [-0.39, 0.29) is 11.6 Å². The van der Waals surface area contributed by atoms with Gasteiger partial charge in [-0.05, 0) is 0 Å². The SMILES string of the molecule is CSc1c(-c2cc(-c3cc[c]([Pb])cc3)ccc2F)ccc2c(SC)c(-c3cc(-c4cc[c]([Pb])cc4)ccc3F)ccc12. The van der Waals surface area contributed by atoms with Gasteiger partial charge in [0, 0.05) is 0 Å². The fraction of sp³-hybridized carbons (Fsp3) is 0.0556. The van der Waals surface area contributed by atoms with E-state index in [4.69, 9.17) is 0 Å². The third-order valence-electron chi connectivity index (χ3n) is 7.46. The summed E-state index contributed by atoms with van der Waals surface area (Å²) in [4.78, 5) is 2.02. The molecule has 0 atom stereocenters. The molecule has 0 saturated carbocycles. The van der Waals surface area contributed by atoms with Crippen molar-refractivity contribution in [3.05, 3.63) is 121 Å². The van der Waals surface area contributed by atoms with Gasteiger partial charge in [-0.1, -0.05) is 0 Å². The molecule has 42 heavy (non-hydrogen) atoms. The van der Waals surface area contributed by atoms with Crippen molar-refractivity contribution in [3.63, 3.8) is 0 Å². The molecule has 202 valence electrons. The average molecular weight is 973 g/mol. The van der Waals surface area contributed by atoms with Crippen molar-refractivity contribution in [1.29, 1.82) is 0 Å². The van der Waals surface area contributed by atoms with Gasteiger partial charge in [0.1, 0.15) is 0 Å². The molecule has 0 fully saturated rings. The quantitative estimate of drug-likeness (QED) is 0.121. The minimum atomic E-state index is -0.244. The molecule has 6 heteroatoms. The minimum absolute atomic E-state index is 0.244. The van der Waals surface area contributed by atoms with Crippen LogP contribution in [0.4, 0.5) is 8.78 Å². The summed E-state index contributed by atoms with van der Waals surface area (Å²) in [7, 11) is 0. The van der Waals surface area contributed by atoms with Crippen LogP contribution in [0, 0.1) is 11.6 Å². The van der Waals surface area contributed by atoms with Gasteiger partial charge in [-0.3, -0.25) is 0 Å². The van der Waals surface area contributed by atoms with Crippen molar-refractivity contribution in [2.24, 2.45) is 0 Å². The van der Waals surface area contributed by atoms with Crippen molar-refractivity contribution < 1.29 is 8.78 Å². The van der Waals surface area contributed by atoms with E-state index in [2.05, 4.69) is 60.7 Å². The van der Waals surface area contributed by atoms with E-state index >= 15 is 8.78 Å². The zero-order valence-electron chi connectivity index (χ0n) is 23.0. The Hall–Kier alpha value is -2.02. The van der Waals surface area contributed by atoms with E-state index in [1.54, 1.807) is 35.7 Å². The van der Waals surface area contributed by atoms with Crippen LogP contribution in [0.5, 0.6) is 0 Å². The van der Waals surface area contributed by atoms with Crippen LogP contribution >= 0.6 is 23.5 Å². The van der Waals surface area contributed by atoms with Crippen molar-refractivity contribution in [3.8, 4) is 44.5 Å². The van der Waals surface area contributed by atoms with Gasteiger partial charge in [0.2, 0.25) is 0 Å². The first kappa shape index (κ1) is 30.0. The van der Waals surface area contributed by atoms with Gasteiger partial charge in [-0.15, -0.1) is 0 Å². The van der Waals surface area contributed by atoms with E-state index in [9.17, 15) is 0 Å². The van der Waals surface area contributed by atoms with Crippen LogP contribution in [-0.2, 0) is 0 Å². The normalized spacial score (nSPS) is 11.3. The van der Waals surface area contributed by atoms with Crippen LogP contribution in [0.2, 0.25) is 0 Å². The van der Waals surface area contributed by atoms with Crippen molar-refractivity contribution >= 4 is 92.1 Å². The third kappa shape index (κ3) is 5.88. The Labute approximate surface area is 285 Å². The van der Waals surface area contributed by atoms with E-state index in [0.717, 1.165) is 105 Å². The Kier molecular flexibility index (Phi) is 9.24. The number of hydrogen-bond acceptors (Lipinski definition) is 2. The second-order valence-corrected chi connectivity index (χ2v) is 16.1. The number of hydrogen-bond donors (Lipinski definition) is 0. The zero-order valence-corrected chi connectivity index (χ0v) is 32.4. The Bertz CT molecular complexity index is 1790. The molecule has 0 nitrogen and oxygen atoms in total. The summed E-state index contributed by atoms with van der Waals surface area (Å²) >= 11 is 5.23. The standard InChI is InChI=1S/C36H24F2S2.2Pb/c1-39-35-27-15-18-30(32-22-26(14-20-34(32)38)24-11-7-4-8-12-24)36(40-2)28(27)16-17-29(35)31-21-25(13-19-33(31)37)23-9-5-3-6-10-23;;/h5-22H,1-2H3;;. The van der Waals surface area contributed by atoms with Gasteiger partial charge in [0.25, 0.3) is 0 Å². The molecular formula is C36H24F2Pb2S2. The van der Waals surface area contributed by atoms with Crippen LogP contribution in [0.3, 0.4) is 0 Å². The molecule has 0 saturated heterocycles. The predicted octanol–water partition coefficient (Wildman–Crippen LogP) is 8.82. The van der Waals surface area contributed by atoms with Crippen LogP contribution < -0.4 is 6.25 Å². The summed E-state index contributed by atoms with van der Waals surface area (Å²) in [6, 6.07) is 35.9. The van der Waals surface area contributed by atoms with E-state index in [1.807, 2.05) is 48.9 Å². The van der Waals surface area contributed by atoms with E-state index in [1.165, 1.54) is 6.25 Å². The third-order valence-corrected chi connectivity index (χ3v) is 11.7. The maximum absolute atomic E-state index is 15.4. The monoisotopic (exact) mass is 974 g/mol. The number of thioether (sulfide) groups is 2. The van der Waals surface area contributed by atoms with Crippen LogP contribution in [0.15, 0.2) is 119 Å². The molecule has 0 heterocycles. The fourth-order valence-electron chi connectivity index (χ4n) is 5.36. The molecule has 0 amide bonds. The predicted molar refractivity (Wildman–Crippen MR) is 180 cm³/mol. The van der Waals surface area contributed by atoms with Gasteiger partial charge in [0.15, 0.2) is 0 Å². The topological polar surface area (TPSA) is 0 Å². The molecule has 0 bridgehead atoms. The summed E-state index contributed by atoms with van der Waals surface area (Å²) in [6.07, 6.45) is 4.06. The Balaban J connectivity index is 1.49. The van der Waals surface area contributed by atoms with Crippen LogP contribution in [0.25, 0.3) is 55.3 Å². The first-order valence-electron chi connectivity index (χ1n) is 13.3. The zero-order chi connectivity index (χ0) is 29.4. The number of halogens is 2. The molecule has 0 unspecified atom stereocenters. The Morgan fingerprint density at radius 3 is 1.14 bits per heavy atom. The second kappa shape index (κ2) is 12.9. The van der Waals surface area contributed by atoms with Gasteiger partial charge < -0.3 is 0 Å². The Morgan fingerprint density at radius 2 is 0.786 bits per heavy atom. The first-order chi connectivity index (χ1) is 20.4. The molecule has 0 aliphatic rings. The second-order valence-electron chi connectivity index (χ2n) is 9.93. The molecule has 0 N–H and O–H groups in total. The van der Waals surface area contributed by atoms with E-state index < -0.39 is 0 Å². The summed E-state index contributed by atoms with van der Waals surface area (Å²) < 4.78 is 33.4. The van der Waals surface area contributed by atoms with Gasteiger partial charge in [0.05, 0.1) is 0 Å². The Morgan fingerprint density at radius 1 is 0.429 bits per heavy atom. The molecule has 0 aliphatic carbocycles. The molecule has 6 aromatic carbocycles. The van der Waals surface area contributed by atoms with Crippen LogP contribution in [0.1, 0.15) is 0 Å².